The SMILES string of the molecule is O=[C]C1=Cc2cc(I)ccc2OC1C(F)(F)F. The van der Waals surface area contributed by atoms with Gasteiger partial charge in [-0.15, -0.1) is 0 Å². The molecular weight excluding hydrogens is 348 g/mol. The van der Waals surface area contributed by atoms with Crippen molar-refractivity contribution >= 4 is 35.0 Å². The van der Waals surface area contributed by atoms with E-state index in [2.05, 4.69) is 0 Å². The van der Waals surface area contributed by atoms with Gasteiger partial charge in [-0.3, -0.25) is 4.79 Å². The second-order valence-corrected chi connectivity index (χ2v) is 4.67. The molecule has 2 nitrogen and oxygen atoms in total. The Morgan fingerprint density at radius 1 is 1.35 bits per heavy atom. The molecule has 2 rings (SSSR count). The molecule has 1 aromatic rings. The Kier molecular flexibility index (Phi) is 3.15. The molecule has 1 aliphatic rings. The summed E-state index contributed by atoms with van der Waals surface area (Å²) in [4.78, 5) is 10.5. The highest BCUT2D eigenvalue weighted by Gasteiger charge is 2.46. The summed E-state index contributed by atoms with van der Waals surface area (Å²) in [7, 11) is 0. The maximum atomic E-state index is 12.6. The average molecular weight is 353 g/mol. The maximum absolute atomic E-state index is 12.6. The first-order valence-corrected chi connectivity index (χ1v) is 5.62. The first kappa shape index (κ1) is 12.4. The van der Waals surface area contributed by atoms with Crippen LogP contribution >= 0.6 is 22.6 Å². The highest BCUT2D eigenvalue weighted by Crippen LogP contribution is 2.36. The minimum absolute atomic E-state index is 0.117. The number of rotatable bonds is 1. The van der Waals surface area contributed by atoms with Crippen LogP contribution in [-0.4, -0.2) is 18.6 Å². The fourth-order valence-corrected chi connectivity index (χ4v) is 2.01. The van der Waals surface area contributed by atoms with E-state index < -0.39 is 17.9 Å². The van der Waals surface area contributed by atoms with Gasteiger partial charge in [-0.2, -0.15) is 13.2 Å². The van der Waals surface area contributed by atoms with E-state index in [-0.39, 0.29) is 5.75 Å². The van der Waals surface area contributed by atoms with E-state index in [1.165, 1.54) is 12.4 Å². The van der Waals surface area contributed by atoms with Crippen molar-refractivity contribution in [1.82, 2.24) is 0 Å². The Hall–Kier alpha value is -1.05. The summed E-state index contributed by atoms with van der Waals surface area (Å²) in [6, 6.07) is 4.73. The predicted octanol–water partition coefficient (Wildman–Crippen LogP) is 3.11. The first-order chi connectivity index (χ1) is 7.91. The lowest BCUT2D eigenvalue weighted by atomic mass is 10.0. The molecule has 0 aromatic heterocycles. The van der Waals surface area contributed by atoms with Crippen molar-refractivity contribution in [3.8, 4) is 5.75 Å². The van der Waals surface area contributed by atoms with Gasteiger partial charge in [0.2, 0.25) is 12.4 Å². The Labute approximate surface area is 109 Å². The van der Waals surface area contributed by atoms with Crippen LogP contribution < -0.4 is 4.74 Å². The summed E-state index contributed by atoms with van der Waals surface area (Å²) in [5.41, 5.74) is -0.0808. The summed E-state index contributed by atoms with van der Waals surface area (Å²) in [5.74, 6) is 0.117. The normalized spacial score (nSPS) is 19.1. The lowest BCUT2D eigenvalue weighted by molar-refractivity contribution is -0.182. The van der Waals surface area contributed by atoms with Crippen LogP contribution in [0, 0.1) is 3.57 Å². The number of halogens is 4. The molecule has 1 aliphatic heterocycles. The minimum atomic E-state index is -4.62. The van der Waals surface area contributed by atoms with Crippen LogP contribution in [0.15, 0.2) is 23.8 Å². The van der Waals surface area contributed by atoms with Crippen molar-refractivity contribution in [2.45, 2.75) is 12.3 Å². The van der Waals surface area contributed by atoms with Gasteiger partial charge in [0.25, 0.3) is 0 Å². The lowest BCUT2D eigenvalue weighted by Gasteiger charge is -2.26. The third-order valence-corrected chi connectivity index (χ3v) is 2.90. The number of hydrogen-bond donors (Lipinski definition) is 0. The smallest absolute Gasteiger partial charge is 0.429 e. The van der Waals surface area contributed by atoms with Crippen LogP contribution in [0.3, 0.4) is 0 Å². The summed E-state index contributed by atoms with van der Waals surface area (Å²) in [5, 5.41) is 0. The molecule has 1 atom stereocenters. The highest BCUT2D eigenvalue weighted by molar-refractivity contribution is 14.1. The number of fused-ring (bicyclic) bond motifs is 1. The molecule has 0 aliphatic carbocycles. The first-order valence-electron chi connectivity index (χ1n) is 4.54. The topological polar surface area (TPSA) is 26.3 Å². The van der Waals surface area contributed by atoms with Gasteiger partial charge in [0.05, 0.1) is 5.57 Å². The molecule has 0 spiro atoms. The van der Waals surface area contributed by atoms with E-state index in [1.807, 2.05) is 22.6 Å². The van der Waals surface area contributed by atoms with Crippen molar-refractivity contribution in [2.75, 3.05) is 0 Å². The van der Waals surface area contributed by atoms with Crippen LogP contribution in [0.25, 0.3) is 6.08 Å². The third-order valence-electron chi connectivity index (χ3n) is 2.23. The van der Waals surface area contributed by atoms with E-state index in [4.69, 9.17) is 4.74 Å². The summed E-state index contributed by atoms with van der Waals surface area (Å²) < 4.78 is 43.5. The molecule has 1 radical (unpaired) electrons. The third kappa shape index (κ3) is 2.46. The highest BCUT2D eigenvalue weighted by atomic mass is 127. The van der Waals surface area contributed by atoms with Crippen LogP contribution in [0.1, 0.15) is 5.56 Å². The van der Waals surface area contributed by atoms with Gasteiger partial charge in [0.15, 0.2) is 0 Å². The van der Waals surface area contributed by atoms with Crippen molar-refractivity contribution in [1.29, 1.82) is 0 Å². The zero-order chi connectivity index (χ0) is 12.6. The van der Waals surface area contributed by atoms with Gasteiger partial charge in [-0.1, -0.05) is 0 Å². The van der Waals surface area contributed by atoms with Crippen molar-refractivity contribution in [3.63, 3.8) is 0 Å². The standard InChI is InChI=1S/C11H5F3IO2/c12-11(13,14)10-7(5-16)3-6-4-8(15)1-2-9(6)17-10/h1-4,10H. The number of ether oxygens (including phenoxy) is 1. The molecule has 17 heavy (non-hydrogen) atoms. The molecule has 1 heterocycles. The molecule has 1 aromatic carbocycles. The molecule has 0 fully saturated rings. The molecule has 0 bridgehead atoms. The van der Waals surface area contributed by atoms with E-state index >= 15 is 0 Å². The molecule has 0 saturated carbocycles. The lowest BCUT2D eigenvalue weighted by Crippen LogP contribution is -2.38. The molecular formula is C11H5F3IO2. The summed E-state index contributed by atoms with van der Waals surface area (Å²) in [6.07, 6.45) is -4.41. The monoisotopic (exact) mass is 353 g/mol. The van der Waals surface area contributed by atoms with Gasteiger partial charge in [0.1, 0.15) is 5.75 Å². The van der Waals surface area contributed by atoms with E-state index in [9.17, 15) is 18.0 Å². The van der Waals surface area contributed by atoms with Crippen molar-refractivity contribution < 1.29 is 22.7 Å². The Morgan fingerprint density at radius 3 is 2.65 bits per heavy atom. The van der Waals surface area contributed by atoms with Gasteiger partial charge in [-0.25, -0.2) is 0 Å². The summed E-state index contributed by atoms with van der Waals surface area (Å²) >= 11 is 2.02. The molecule has 0 saturated heterocycles. The van der Waals surface area contributed by atoms with Gasteiger partial charge in [-0.05, 0) is 46.9 Å². The molecule has 0 amide bonds. The van der Waals surface area contributed by atoms with E-state index in [1.54, 1.807) is 12.1 Å². The second-order valence-electron chi connectivity index (χ2n) is 3.42. The van der Waals surface area contributed by atoms with Gasteiger partial charge >= 0.3 is 6.18 Å². The zero-order valence-corrected chi connectivity index (χ0v) is 10.4. The zero-order valence-electron chi connectivity index (χ0n) is 8.22. The Bertz CT molecular complexity index is 494. The van der Waals surface area contributed by atoms with Crippen LogP contribution in [0.4, 0.5) is 13.2 Å². The van der Waals surface area contributed by atoms with Crippen molar-refractivity contribution in [2.24, 2.45) is 0 Å². The van der Waals surface area contributed by atoms with Crippen molar-refractivity contribution in [3.05, 3.63) is 32.9 Å². The van der Waals surface area contributed by atoms with E-state index in [0.717, 1.165) is 9.65 Å². The van der Waals surface area contributed by atoms with E-state index in [0.29, 0.717) is 5.56 Å². The number of hydrogen-bond acceptors (Lipinski definition) is 2. The summed E-state index contributed by atoms with van der Waals surface area (Å²) in [6.45, 7) is 0. The fourth-order valence-electron chi connectivity index (χ4n) is 1.50. The van der Waals surface area contributed by atoms with Crippen LogP contribution in [0.5, 0.6) is 5.75 Å². The number of alkyl halides is 3. The molecule has 6 heteroatoms. The molecule has 1 unspecified atom stereocenters. The fraction of sp³-hybridized carbons (Fsp3) is 0.182. The minimum Gasteiger partial charge on any atom is -0.475 e. The average Bonchev–Trinajstić information content (AvgIpc) is 2.25. The molecule has 0 N–H and O–H groups in total. The Balaban J connectivity index is 2.49. The van der Waals surface area contributed by atoms with Gasteiger partial charge < -0.3 is 4.74 Å². The number of benzene rings is 1. The number of carbonyl (C=O) groups excluding carboxylic acids is 1. The molecule has 89 valence electrons. The Morgan fingerprint density at radius 2 is 2.06 bits per heavy atom. The predicted molar refractivity (Wildman–Crippen MR) is 63.3 cm³/mol. The van der Waals surface area contributed by atoms with Crippen LogP contribution in [0.2, 0.25) is 0 Å². The second kappa shape index (κ2) is 4.32. The maximum Gasteiger partial charge on any atom is 0.429 e. The van der Waals surface area contributed by atoms with Gasteiger partial charge in [0, 0.05) is 9.13 Å². The quantitative estimate of drug-likeness (QED) is 0.726. The largest absolute Gasteiger partial charge is 0.475 e. The van der Waals surface area contributed by atoms with Crippen LogP contribution in [-0.2, 0) is 4.79 Å².